The predicted molar refractivity (Wildman–Crippen MR) is 169 cm³/mol. The molecule has 0 aromatic heterocycles. The highest BCUT2D eigenvalue weighted by atomic mass is 16.8. The zero-order chi connectivity index (χ0) is 39.0. The van der Waals surface area contributed by atoms with Gasteiger partial charge >= 0.3 is 0 Å². The molecule has 24 heteroatoms. The molecule has 0 aromatic carbocycles. The standard InChI is InChI=1S/C29H55N5O19/c30-2-8-15(39)17(41)12(33)26(46-8)51-24-11(5-37)49-29(21(24)45)53-25-14(38)6(31)1-7(32)22(25)50-27-13(34)18(42)23(10(4-36)48-27)52-28-20(44)19(43)16(40)9(3-35)47-28/h6-29,35-45H,1-5,30-34H2/t6-,7+,8+,9-,10-,11-,12-,13-,14+,15-,16+,17-,18-,19+,20-,21-,22-,23-,24-,25-,26-,27-,28+,29+/m1/s1. The summed E-state index contributed by atoms with van der Waals surface area (Å²) in [6.45, 7) is -2.48. The molecule has 0 unspecified atom stereocenters. The maximum Gasteiger partial charge on any atom is 0.187 e. The third-order valence-electron chi connectivity index (χ3n) is 10.4. The largest absolute Gasteiger partial charge is 0.394 e. The van der Waals surface area contributed by atoms with Crippen LogP contribution in [0, 0.1) is 0 Å². The van der Waals surface area contributed by atoms with Gasteiger partial charge < -0.3 is 123 Å². The van der Waals surface area contributed by atoms with Crippen LogP contribution in [-0.2, 0) is 37.9 Å². The zero-order valence-electron chi connectivity index (χ0n) is 28.5. The van der Waals surface area contributed by atoms with Crippen molar-refractivity contribution in [2.24, 2.45) is 28.7 Å². The minimum Gasteiger partial charge on any atom is -0.394 e. The highest BCUT2D eigenvalue weighted by Gasteiger charge is 2.55. The third kappa shape index (κ3) is 8.66. The Bertz CT molecular complexity index is 1150. The summed E-state index contributed by atoms with van der Waals surface area (Å²) >= 11 is 0. The molecular formula is C29H55N5O19. The van der Waals surface area contributed by atoms with Crippen LogP contribution in [0.5, 0.6) is 0 Å². The van der Waals surface area contributed by atoms with Gasteiger partial charge in [-0.3, -0.25) is 0 Å². The van der Waals surface area contributed by atoms with Crippen molar-refractivity contribution in [2.75, 3.05) is 26.4 Å². The Hall–Kier alpha value is -0.960. The molecule has 4 saturated heterocycles. The van der Waals surface area contributed by atoms with Gasteiger partial charge in [0.1, 0.15) is 91.6 Å². The zero-order valence-corrected chi connectivity index (χ0v) is 28.5. The van der Waals surface area contributed by atoms with E-state index in [0.717, 1.165) is 0 Å². The molecular weight excluding hydrogens is 722 g/mol. The number of aliphatic hydroxyl groups excluding tert-OH is 11. The second kappa shape index (κ2) is 18.1. The molecule has 24 nitrogen and oxygen atoms in total. The van der Waals surface area contributed by atoms with E-state index >= 15 is 0 Å². The maximum atomic E-state index is 11.3. The van der Waals surface area contributed by atoms with Crippen molar-refractivity contribution in [2.45, 2.75) is 153 Å². The van der Waals surface area contributed by atoms with E-state index < -0.39 is 167 Å². The van der Waals surface area contributed by atoms with Crippen molar-refractivity contribution < 1.29 is 94.1 Å². The lowest BCUT2D eigenvalue weighted by atomic mass is 9.84. The van der Waals surface area contributed by atoms with Crippen molar-refractivity contribution in [1.82, 2.24) is 0 Å². The summed E-state index contributed by atoms with van der Waals surface area (Å²) in [4.78, 5) is 0. The van der Waals surface area contributed by atoms with Gasteiger partial charge in [0.15, 0.2) is 25.2 Å². The van der Waals surface area contributed by atoms with Crippen LogP contribution in [0.3, 0.4) is 0 Å². The van der Waals surface area contributed by atoms with E-state index in [1.807, 2.05) is 0 Å². The van der Waals surface area contributed by atoms with Crippen LogP contribution in [-0.4, -0.2) is 230 Å². The second-order valence-corrected chi connectivity index (χ2v) is 14.0. The number of aliphatic hydroxyl groups is 11. The van der Waals surface area contributed by atoms with Gasteiger partial charge in [0, 0.05) is 18.6 Å². The maximum absolute atomic E-state index is 11.3. The van der Waals surface area contributed by atoms with Gasteiger partial charge in [0.05, 0.1) is 38.0 Å². The highest BCUT2D eigenvalue weighted by Crippen LogP contribution is 2.35. The van der Waals surface area contributed by atoms with E-state index in [-0.39, 0.29) is 13.0 Å². The van der Waals surface area contributed by atoms with Gasteiger partial charge in [-0.15, -0.1) is 0 Å². The van der Waals surface area contributed by atoms with Gasteiger partial charge in [-0.05, 0) is 6.42 Å². The predicted octanol–water partition coefficient (Wildman–Crippen LogP) is -11.0. The van der Waals surface area contributed by atoms with Crippen LogP contribution in [0.15, 0.2) is 0 Å². The summed E-state index contributed by atoms with van der Waals surface area (Å²) in [6.07, 6.45) is -30.3. The average molecular weight is 778 g/mol. The van der Waals surface area contributed by atoms with Crippen LogP contribution >= 0.6 is 0 Å². The first-order valence-corrected chi connectivity index (χ1v) is 17.3. The number of hydrogen-bond donors (Lipinski definition) is 16. The number of nitrogens with two attached hydrogens (primary N) is 5. The molecule has 4 aliphatic heterocycles. The van der Waals surface area contributed by atoms with Crippen LogP contribution in [0.2, 0.25) is 0 Å². The summed E-state index contributed by atoms with van der Waals surface area (Å²) in [5, 5.41) is 115. The summed E-state index contributed by atoms with van der Waals surface area (Å²) in [6, 6.07) is -4.73. The lowest BCUT2D eigenvalue weighted by molar-refractivity contribution is -0.355. The highest BCUT2D eigenvalue weighted by molar-refractivity contribution is 5.02. The fourth-order valence-corrected chi connectivity index (χ4v) is 7.19. The summed E-state index contributed by atoms with van der Waals surface area (Å²) in [5.74, 6) is 0. The Balaban J connectivity index is 1.29. The topological polar surface area (TPSA) is 426 Å². The molecule has 0 amide bonds. The van der Waals surface area contributed by atoms with Gasteiger partial charge in [-0.2, -0.15) is 0 Å². The van der Waals surface area contributed by atoms with Gasteiger partial charge in [0.2, 0.25) is 0 Å². The SMILES string of the molecule is NC[C@@H]1O[C@H](O[C@H]2[C@@H](O)[C@H](O[C@@H]3[C@@H](O)[C@H](N)C[C@H](N)[C@H]3O[C@H]3O[C@H](CO)[C@@H](O[C@@H]4O[C@H](CO)[C@H](O)[C@H](O)[C@H]4O)[C@H](O)[C@H]3N)O[C@@H]2CO)[C@H](N)[C@@H](O)[C@@H]1O. The van der Waals surface area contributed by atoms with E-state index in [9.17, 15) is 56.2 Å². The first-order chi connectivity index (χ1) is 25.1. The molecule has 5 aliphatic rings. The van der Waals surface area contributed by atoms with Gasteiger partial charge in [-0.1, -0.05) is 0 Å². The molecule has 24 atom stereocenters. The number of ether oxygens (including phenoxy) is 8. The van der Waals surface area contributed by atoms with Crippen molar-refractivity contribution in [3.8, 4) is 0 Å². The van der Waals surface area contributed by atoms with Crippen LogP contribution in [0.25, 0.3) is 0 Å². The molecule has 1 aliphatic carbocycles. The quantitative estimate of drug-likeness (QED) is 0.0874. The minimum atomic E-state index is -1.84. The Morgan fingerprint density at radius 2 is 0.849 bits per heavy atom. The molecule has 1 saturated carbocycles. The van der Waals surface area contributed by atoms with Crippen molar-refractivity contribution >= 4 is 0 Å². The van der Waals surface area contributed by atoms with Crippen molar-refractivity contribution in [3.63, 3.8) is 0 Å². The average Bonchev–Trinajstić information content (AvgIpc) is 3.44. The molecule has 53 heavy (non-hydrogen) atoms. The van der Waals surface area contributed by atoms with E-state index in [0.29, 0.717) is 0 Å². The fourth-order valence-electron chi connectivity index (χ4n) is 7.19. The minimum absolute atomic E-state index is 0.0189. The monoisotopic (exact) mass is 777 g/mol. The molecule has 5 rings (SSSR count). The van der Waals surface area contributed by atoms with Gasteiger partial charge in [0.25, 0.3) is 0 Å². The molecule has 0 radical (unpaired) electrons. The van der Waals surface area contributed by atoms with Crippen LogP contribution in [0.4, 0.5) is 0 Å². The third-order valence-corrected chi connectivity index (χ3v) is 10.4. The lowest BCUT2D eigenvalue weighted by Crippen LogP contribution is -2.69. The number of rotatable bonds is 12. The normalized spacial score (nSPS) is 53.9. The lowest BCUT2D eigenvalue weighted by Gasteiger charge is -2.49. The Labute approximate surface area is 302 Å². The molecule has 310 valence electrons. The van der Waals surface area contributed by atoms with E-state index in [1.165, 1.54) is 0 Å². The smallest absolute Gasteiger partial charge is 0.187 e. The number of hydrogen-bond acceptors (Lipinski definition) is 24. The fraction of sp³-hybridized carbons (Fsp3) is 1.00. The molecule has 5 fully saturated rings. The van der Waals surface area contributed by atoms with E-state index in [4.69, 9.17) is 66.6 Å². The summed E-state index contributed by atoms with van der Waals surface area (Å²) in [7, 11) is 0. The van der Waals surface area contributed by atoms with E-state index in [1.54, 1.807) is 0 Å². The van der Waals surface area contributed by atoms with Crippen molar-refractivity contribution in [3.05, 3.63) is 0 Å². The first kappa shape index (κ1) is 43.2. The van der Waals surface area contributed by atoms with Crippen LogP contribution < -0.4 is 28.7 Å². The molecule has 21 N–H and O–H groups in total. The summed E-state index contributed by atoms with van der Waals surface area (Å²) < 4.78 is 46.0. The Morgan fingerprint density at radius 3 is 1.43 bits per heavy atom. The van der Waals surface area contributed by atoms with Gasteiger partial charge in [-0.25, -0.2) is 0 Å². The van der Waals surface area contributed by atoms with Crippen molar-refractivity contribution in [1.29, 1.82) is 0 Å². The second-order valence-electron chi connectivity index (χ2n) is 14.0. The molecule has 0 bridgehead atoms. The first-order valence-electron chi connectivity index (χ1n) is 17.3. The summed E-state index contributed by atoms with van der Waals surface area (Å²) in [5.41, 5.74) is 30.4. The Morgan fingerprint density at radius 1 is 0.415 bits per heavy atom. The van der Waals surface area contributed by atoms with Crippen LogP contribution in [0.1, 0.15) is 6.42 Å². The van der Waals surface area contributed by atoms with E-state index in [2.05, 4.69) is 0 Å². The Kier molecular flexibility index (Phi) is 14.7. The molecule has 0 spiro atoms. The molecule has 4 heterocycles. The molecule has 0 aromatic rings.